The van der Waals surface area contributed by atoms with E-state index in [0.29, 0.717) is 22.4 Å². The molecule has 0 spiro atoms. The Morgan fingerprint density at radius 3 is 2.47 bits per heavy atom. The summed E-state index contributed by atoms with van der Waals surface area (Å²) in [6.07, 6.45) is 1.46. The highest BCUT2D eigenvalue weighted by Crippen LogP contribution is 2.30. The Morgan fingerprint density at radius 2 is 1.77 bits per heavy atom. The fourth-order valence-corrected chi connectivity index (χ4v) is 4.62. The summed E-state index contributed by atoms with van der Waals surface area (Å²) in [5.74, 6) is -0.820. The Balaban J connectivity index is 1.67. The summed E-state index contributed by atoms with van der Waals surface area (Å²) in [7, 11) is -3.10. The molecule has 0 atom stereocenters. The third-order valence-corrected chi connectivity index (χ3v) is 6.63. The number of carbonyl (C=O) groups is 1. The number of hydrogen-bond donors (Lipinski definition) is 1. The highest BCUT2D eigenvalue weighted by molar-refractivity contribution is 7.91. The van der Waals surface area contributed by atoms with Crippen molar-refractivity contribution in [2.45, 2.75) is 0 Å². The molecule has 0 unspecified atom stereocenters. The van der Waals surface area contributed by atoms with E-state index in [0.717, 1.165) is 0 Å². The molecule has 1 fully saturated rings. The number of carbonyl (C=O) groups excluding carboxylic acids is 1. The molecule has 2 aromatic carbocycles. The molecular weight excluding hydrogens is 407 g/mol. The molecule has 1 aliphatic heterocycles. The number of amides is 1. The van der Waals surface area contributed by atoms with Crippen LogP contribution in [0.25, 0.3) is 22.4 Å². The molecule has 1 amide bonds. The molecule has 0 aliphatic carbocycles. The smallest absolute Gasteiger partial charge is 0.254 e. The lowest BCUT2D eigenvalue weighted by molar-refractivity contribution is 0.0771. The van der Waals surface area contributed by atoms with Gasteiger partial charge in [-0.1, -0.05) is 24.3 Å². The van der Waals surface area contributed by atoms with Gasteiger partial charge in [0.25, 0.3) is 5.91 Å². The zero-order valence-electron chi connectivity index (χ0n) is 16.0. The van der Waals surface area contributed by atoms with E-state index < -0.39 is 15.7 Å². The molecular formula is C21H19FN4O3S. The van der Waals surface area contributed by atoms with Gasteiger partial charge < -0.3 is 10.6 Å². The lowest BCUT2D eigenvalue weighted by atomic mass is 9.97. The first-order valence-corrected chi connectivity index (χ1v) is 11.1. The van der Waals surface area contributed by atoms with Gasteiger partial charge in [0.1, 0.15) is 5.82 Å². The van der Waals surface area contributed by atoms with E-state index in [1.54, 1.807) is 42.5 Å². The number of nitrogen functional groups attached to an aromatic ring is 1. The summed E-state index contributed by atoms with van der Waals surface area (Å²) >= 11 is 0. The van der Waals surface area contributed by atoms with Crippen molar-refractivity contribution in [3.8, 4) is 22.4 Å². The molecule has 9 heteroatoms. The molecule has 30 heavy (non-hydrogen) atoms. The highest BCUT2D eigenvalue weighted by atomic mass is 32.2. The summed E-state index contributed by atoms with van der Waals surface area (Å²) in [6, 6.07) is 13.1. The maximum atomic E-state index is 14.9. The van der Waals surface area contributed by atoms with Crippen LogP contribution >= 0.6 is 0 Å². The number of sulfone groups is 1. The monoisotopic (exact) mass is 426 g/mol. The topological polar surface area (TPSA) is 106 Å². The summed E-state index contributed by atoms with van der Waals surface area (Å²) in [5.41, 5.74) is 7.73. The Labute approximate surface area is 173 Å². The van der Waals surface area contributed by atoms with E-state index >= 15 is 0 Å². The first kappa shape index (κ1) is 20.0. The van der Waals surface area contributed by atoms with Crippen LogP contribution in [-0.2, 0) is 9.84 Å². The largest absolute Gasteiger partial charge is 0.368 e. The number of hydrogen-bond acceptors (Lipinski definition) is 6. The molecule has 2 N–H and O–H groups in total. The molecule has 0 saturated carbocycles. The SMILES string of the molecule is Nc1nccc(-c2ccc(-c3ccccc3C(=O)N3CCS(=O)(=O)CC3)cc2F)n1. The van der Waals surface area contributed by atoms with Gasteiger partial charge in [0, 0.05) is 30.4 Å². The van der Waals surface area contributed by atoms with Crippen LogP contribution in [-0.4, -0.2) is 53.8 Å². The number of nitrogens with zero attached hydrogens (tertiary/aromatic N) is 3. The van der Waals surface area contributed by atoms with E-state index in [2.05, 4.69) is 9.97 Å². The van der Waals surface area contributed by atoms with Gasteiger partial charge in [-0.05, 0) is 35.4 Å². The average molecular weight is 426 g/mol. The fourth-order valence-electron chi connectivity index (χ4n) is 3.42. The van der Waals surface area contributed by atoms with E-state index in [1.165, 1.54) is 17.2 Å². The third-order valence-electron chi connectivity index (χ3n) is 5.02. The lowest BCUT2D eigenvalue weighted by Gasteiger charge is -2.27. The molecule has 4 rings (SSSR count). The number of aromatic nitrogens is 2. The van der Waals surface area contributed by atoms with Crippen LogP contribution in [0, 0.1) is 5.82 Å². The molecule has 1 aromatic heterocycles. The maximum Gasteiger partial charge on any atom is 0.254 e. The number of halogens is 1. The van der Waals surface area contributed by atoms with Gasteiger partial charge in [-0.15, -0.1) is 0 Å². The Bertz CT molecular complexity index is 1220. The first-order valence-electron chi connectivity index (χ1n) is 9.31. The van der Waals surface area contributed by atoms with E-state index in [9.17, 15) is 17.6 Å². The zero-order valence-corrected chi connectivity index (χ0v) is 16.8. The minimum Gasteiger partial charge on any atom is -0.368 e. The fraction of sp³-hybridized carbons (Fsp3) is 0.190. The van der Waals surface area contributed by atoms with Crippen LogP contribution < -0.4 is 5.73 Å². The number of anilines is 1. The van der Waals surface area contributed by atoms with Gasteiger partial charge >= 0.3 is 0 Å². The van der Waals surface area contributed by atoms with Crippen LogP contribution in [0.1, 0.15) is 10.4 Å². The van der Waals surface area contributed by atoms with Gasteiger partial charge in [-0.3, -0.25) is 4.79 Å². The zero-order chi connectivity index (χ0) is 21.3. The molecule has 1 saturated heterocycles. The molecule has 0 radical (unpaired) electrons. The predicted octanol–water partition coefficient (Wildman–Crippen LogP) is 2.40. The van der Waals surface area contributed by atoms with Gasteiger partial charge in [-0.2, -0.15) is 0 Å². The van der Waals surface area contributed by atoms with Gasteiger partial charge in [0.2, 0.25) is 5.95 Å². The molecule has 154 valence electrons. The van der Waals surface area contributed by atoms with Crippen molar-refractivity contribution in [3.63, 3.8) is 0 Å². The predicted molar refractivity (Wildman–Crippen MR) is 112 cm³/mol. The minimum atomic E-state index is -3.10. The molecule has 7 nitrogen and oxygen atoms in total. The van der Waals surface area contributed by atoms with Crippen molar-refractivity contribution >= 4 is 21.7 Å². The van der Waals surface area contributed by atoms with Crippen molar-refractivity contribution in [2.24, 2.45) is 0 Å². The molecule has 0 bridgehead atoms. The van der Waals surface area contributed by atoms with Gasteiger partial charge in [-0.25, -0.2) is 22.8 Å². The van der Waals surface area contributed by atoms with Crippen molar-refractivity contribution in [1.82, 2.24) is 14.9 Å². The average Bonchev–Trinajstić information content (AvgIpc) is 2.73. The number of benzene rings is 2. The van der Waals surface area contributed by atoms with E-state index in [1.807, 2.05) is 0 Å². The number of nitrogens with two attached hydrogens (primary N) is 1. The lowest BCUT2D eigenvalue weighted by Crippen LogP contribution is -2.43. The maximum absolute atomic E-state index is 14.9. The normalized spacial score (nSPS) is 15.7. The van der Waals surface area contributed by atoms with Crippen molar-refractivity contribution in [1.29, 1.82) is 0 Å². The summed E-state index contributed by atoms with van der Waals surface area (Å²) in [5, 5.41) is 0. The second-order valence-corrected chi connectivity index (χ2v) is 9.29. The van der Waals surface area contributed by atoms with Crippen LogP contribution in [0.15, 0.2) is 54.7 Å². The van der Waals surface area contributed by atoms with E-state index in [-0.39, 0.29) is 42.0 Å². The van der Waals surface area contributed by atoms with Crippen LogP contribution in [0.2, 0.25) is 0 Å². The van der Waals surface area contributed by atoms with E-state index in [4.69, 9.17) is 5.73 Å². The van der Waals surface area contributed by atoms with Gasteiger partial charge in [0.05, 0.1) is 17.2 Å². The van der Waals surface area contributed by atoms with Crippen LogP contribution in [0.5, 0.6) is 0 Å². The number of rotatable bonds is 3. The standard InChI is InChI=1S/C21H19FN4O3S/c22-18-13-14(5-6-17(18)19-7-8-24-21(23)25-19)15-3-1-2-4-16(15)20(27)26-9-11-30(28,29)12-10-26/h1-8,13H,9-12H2,(H2,23,24,25). The molecule has 2 heterocycles. The Morgan fingerprint density at radius 1 is 1.03 bits per heavy atom. The first-order chi connectivity index (χ1) is 14.3. The Kier molecular flexibility index (Phi) is 5.21. The molecule has 1 aliphatic rings. The second kappa shape index (κ2) is 7.83. The quantitative estimate of drug-likeness (QED) is 0.689. The summed E-state index contributed by atoms with van der Waals surface area (Å²) in [6.45, 7) is 0.301. The van der Waals surface area contributed by atoms with Crippen molar-refractivity contribution in [3.05, 3.63) is 66.1 Å². The van der Waals surface area contributed by atoms with Crippen LogP contribution in [0.4, 0.5) is 10.3 Å². The minimum absolute atomic E-state index is 0.0493. The van der Waals surface area contributed by atoms with Crippen LogP contribution in [0.3, 0.4) is 0 Å². The summed E-state index contributed by atoms with van der Waals surface area (Å²) in [4.78, 5) is 22.4. The van der Waals surface area contributed by atoms with Crippen molar-refractivity contribution < 1.29 is 17.6 Å². The van der Waals surface area contributed by atoms with Crippen molar-refractivity contribution in [2.75, 3.05) is 30.3 Å². The third kappa shape index (κ3) is 4.02. The Hall–Kier alpha value is -3.33. The highest BCUT2D eigenvalue weighted by Gasteiger charge is 2.27. The van der Waals surface area contributed by atoms with Gasteiger partial charge in [0.15, 0.2) is 9.84 Å². The molecule has 3 aromatic rings. The second-order valence-electron chi connectivity index (χ2n) is 6.98. The summed E-state index contributed by atoms with van der Waals surface area (Å²) < 4.78 is 38.2.